The maximum absolute atomic E-state index is 13.5. The first-order chi connectivity index (χ1) is 15.6. The van der Waals surface area contributed by atoms with Crippen molar-refractivity contribution < 1.29 is 14.6 Å². The molecule has 0 unspecified atom stereocenters. The molecule has 0 radical (unpaired) electrons. The number of rotatable bonds is 17. The second kappa shape index (κ2) is 14.8. The SMILES string of the molecule is CCCCCCOc1c(OCCCCCC)c2ccc(O)cc2n(CCCCCC)c1=O. The molecule has 0 aliphatic heterocycles. The van der Waals surface area contributed by atoms with Crippen LogP contribution in [0.15, 0.2) is 23.0 Å². The highest BCUT2D eigenvalue weighted by atomic mass is 16.5. The lowest BCUT2D eigenvalue weighted by atomic mass is 10.1. The predicted octanol–water partition coefficient (Wildman–Crippen LogP) is 7.21. The van der Waals surface area contributed by atoms with Crippen molar-refractivity contribution in [3.63, 3.8) is 0 Å². The van der Waals surface area contributed by atoms with Gasteiger partial charge in [0.15, 0.2) is 5.75 Å². The normalized spacial score (nSPS) is 11.2. The number of hydrogen-bond donors (Lipinski definition) is 1. The second-order valence-electron chi connectivity index (χ2n) is 8.70. The zero-order valence-corrected chi connectivity index (χ0v) is 20.5. The number of aromatic nitrogens is 1. The standard InChI is InChI=1S/C27H43NO4/c1-4-7-10-13-18-28-24-21-22(29)16-17-23(24)25(31-19-14-11-8-5-2)26(27(28)30)32-20-15-12-9-6-3/h16-17,21,29H,4-15,18-20H2,1-3H3. The van der Waals surface area contributed by atoms with Crippen molar-refractivity contribution in [2.45, 2.75) is 104 Å². The summed E-state index contributed by atoms with van der Waals surface area (Å²) < 4.78 is 14.0. The molecule has 0 aliphatic carbocycles. The van der Waals surface area contributed by atoms with Crippen LogP contribution in [0.4, 0.5) is 0 Å². The molecule has 1 aromatic carbocycles. The Morgan fingerprint density at radius 1 is 0.750 bits per heavy atom. The lowest BCUT2D eigenvalue weighted by Gasteiger charge is -2.19. The van der Waals surface area contributed by atoms with Crippen LogP contribution in [-0.2, 0) is 6.54 Å². The van der Waals surface area contributed by atoms with Gasteiger partial charge in [-0.1, -0.05) is 78.6 Å². The van der Waals surface area contributed by atoms with Crippen LogP contribution < -0.4 is 15.0 Å². The molecule has 5 nitrogen and oxygen atoms in total. The fourth-order valence-corrected chi connectivity index (χ4v) is 3.98. The number of pyridine rings is 1. The first-order valence-corrected chi connectivity index (χ1v) is 12.8. The summed E-state index contributed by atoms with van der Waals surface area (Å²) in [5.41, 5.74) is 0.562. The van der Waals surface area contributed by atoms with E-state index in [4.69, 9.17) is 9.47 Å². The molecule has 0 saturated heterocycles. The first kappa shape index (κ1) is 26.1. The number of aromatic hydroxyl groups is 1. The summed E-state index contributed by atoms with van der Waals surface area (Å²) in [5, 5.41) is 11.0. The molecular formula is C27H43NO4. The minimum atomic E-state index is -0.154. The lowest BCUT2D eigenvalue weighted by Crippen LogP contribution is -2.24. The first-order valence-electron chi connectivity index (χ1n) is 12.8. The van der Waals surface area contributed by atoms with E-state index >= 15 is 0 Å². The number of nitrogens with zero attached hydrogens (tertiary/aromatic N) is 1. The van der Waals surface area contributed by atoms with Gasteiger partial charge in [-0.2, -0.15) is 0 Å². The van der Waals surface area contributed by atoms with E-state index in [1.54, 1.807) is 16.7 Å². The smallest absolute Gasteiger partial charge is 0.297 e. The number of ether oxygens (including phenoxy) is 2. The molecule has 0 bridgehead atoms. The van der Waals surface area contributed by atoms with Crippen LogP contribution in [0.3, 0.4) is 0 Å². The topological polar surface area (TPSA) is 60.7 Å². The zero-order valence-electron chi connectivity index (χ0n) is 20.5. The van der Waals surface area contributed by atoms with Crippen LogP contribution in [-0.4, -0.2) is 22.9 Å². The summed E-state index contributed by atoms with van der Waals surface area (Å²) in [6.07, 6.45) is 13.0. The van der Waals surface area contributed by atoms with E-state index in [2.05, 4.69) is 20.8 Å². The fourth-order valence-electron chi connectivity index (χ4n) is 3.98. The monoisotopic (exact) mass is 445 g/mol. The highest BCUT2D eigenvalue weighted by molar-refractivity contribution is 5.89. The minimum absolute atomic E-state index is 0.154. The van der Waals surface area contributed by atoms with Crippen LogP contribution in [0.25, 0.3) is 10.9 Å². The fraction of sp³-hybridized carbons (Fsp3) is 0.667. The van der Waals surface area contributed by atoms with E-state index in [0.29, 0.717) is 36.8 Å². The van der Waals surface area contributed by atoms with Crippen molar-refractivity contribution in [1.82, 2.24) is 4.57 Å². The zero-order chi connectivity index (χ0) is 23.2. The highest BCUT2D eigenvalue weighted by Gasteiger charge is 2.20. The Kier molecular flexibility index (Phi) is 12.1. The molecule has 0 spiro atoms. The Morgan fingerprint density at radius 2 is 1.31 bits per heavy atom. The lowest BCUT2D eigenvalue weighted by molar-refractivity contribution is 0.256. The maximum Gasteiger partial charge on any atom is 0.297 e. The quantitative estimate of drug-likeness (QED) is 0.261. The van der Waals surface area contributed by atoms with Gasteiger partial charge in [-0.25, -0.2) is 0 Å². The van der Waals surface area contributed by atoms with E-state index in [-0.39, 0.29) is 11.3 Å². The molecule has 0 fully saturated rings. The maximum atomic E-state index is 13.5. The third-order valence-corrected chi connectivity index (χ3v) is 5.89. The molecule has 2 aromatic rings. The molecule has 32 heavy (non-hydrogen) atoms. The Balaban J connectivity index is 2.38. The average molecular weight is 446 g/mol. The van der Waals surface area contributed by atoms with E-state index in [0.717, 1.165) is 63.2 Å². The summed E-state index contributed by atoms with van der Waals surface area (Å²) in [6, 6.07) is 5.17. The van der Waals surface area contributed by atoms with Gasteiger partial charge < -0.3 is 19.1 Å². The second-order valence-corrected chi connectivity index (χ2v) is 8.70. The summed E-state index contributed by atoms with van der Waals surface area (Å²) in [7, 11) is 0. The van der Waals surface area contributed by atoms with Gasteiger partial charge in [0, 0.05) is 18.0 Å². The Morgan fingerprint density at radius 3 is 1.91 bits per heavy atom. The van der Waals surface area contributed by atoms with E-state index < -0.39 is 0 Å². The van der Waals surface area contributed by atoms with E-state index in [1.807, 2.05) is 6.07 Å². The molecule has 0 atom stereocenters. The van der Waals surface area contributed by atoms with Gasteiger partial charge in [-0.15, -0.1) is 0 Å². The molecule has 180 valence electrons. The van der Waals surface area contributed by atoms with Gasteiger partial charge in [0.2, 0.25) is 5.75 Å². The van der Waals surface area contributed by atoms with Crippen molar-refractivity contribution in [1.29, 1.82) is 0 Å². The number of unbranched alkanes of at least 4 members (excludes halogenated alkanes) is 9. The molecule has 2 rings (SSSR count). The van der Waals surface area contributed by atoms with E-state index in [9.17, 15) is 9.90 Å². The average Bonchev–Trinajstić information content (AvgIpc) is 2.79. The van der Waals surface area contributed by atoms with Gasteiger partial charge in [-0.05, 0) is 31.4 Å². The van der Waals surface area contributed by atoms with Gasteiger partial charge in [0.1, 0.15) is 5.75 Å². The van der Waals surface area contributed by atoms with Crippen molar-refractivity contribution in [3.8, 4) is 17.2 Å². The molecule has 5 heteroatoms. The third-order valence-electron chi connectivity index (χ3n) is 5.89. The molecule has 1 aromatic heterocycles. The number of benzene rings is 1. The van der Waals surface area contributed by atoms with Crippen LogP contribution in [0, 0.1) is 0 Å². The van der Waals surface area contributed by atoms with Crippen molar-refractivity contribution in [3.05, 3.63) is 28.6 Å². The third kappa shape index (κ3) is 7.75. The van der Waals surface area contributed by atoms with E-state index in [1.165, 1.54) is 19.3 Å². The Hall–Kier alpha value is -2.17. The summed E-state index contributed by atoms with van der Waals surface area (Å²) in [4.78, 5) is 13.5. The number of aryl methyl sites for hydroxylation is 1. The summed E-state index contributed by atoms with van der Waals surface area (Å²) in [6.45, 7) is 8.23. The predicted molar refractivity (Wildman–Crippen MR) is 133 cm³/mol. The van der Waals surface area contributed by atoms with Crippen molar-refractivity contribution in [2.75, 3.05) is 13.2 Å². The highest BCUT2D eigenvalue weighted by Crippen LogP contribution is 2.35. The molecule has 0 aliphatic rings. The number of fused-ring (bicyclic) bond motifs is 1. The Labute approximate surface area is 193 Å². The molecule has 1 heterocycles. The van der Waals surface area contributed by atoms with Crippen LogP contribution in [0.2, 0.25) is 0 Å². The Bertz CT molecular complexity index is 859. The van der Waals surface area contributed by atoms with Gasteiger partial charge in [0.05, 0.1) is 18.7 Å². The van der Waals surface area contributed by atoms with Crippen molar-refractivity contribution in [2.24, 2.45) is 0 Å². The molecule has 1 N–H and O–H groups in total. The molecule has 0 amide bonds. The van der Waals surface area contributed by atoms with Crippen LogP contribution >= 0.6 is 0 Å². The van der Waals surface area contributed by atoms with Gasteiger partial charge in [-0.3, -0.25) is 4.79 Å². The van der Waals surface area contributed by atoms with Gasteiger partial charge >= 0.3 is 0 Å². The number of phenolic OH excluding ortho intramolecular Hbond substituents is 1. The number of hydrogen-bond acceptors (Lipinski definition) is 4. The van der Waals surface area contributed by atoms with Gasteiger partial charge in [0.25, 0.3) is 5.56 Å². The van der Waals surface area contributed by atoms with Crippen molar-refractivity contribution >= 4 is 10.9 Å². The summed E-state index contributed by atoms with van der Waals surface area (Å²) >= 11 is 0. The molecular weight excluding hydrogens is 402 g/mol. The summed E-state index contributed by atoms with van der Waals surface area (Å²) in [5.74, 6) is 1.01. The molecule has 0 saturated carbocycles. The largest absolute Gasteiger partial charge is 0.508 e. The van der Waals surface area contributed by atoms with Crippen LogP contribution in [0.5, 0.6) is 17.2 Å². The minimum Gasteiger partial charge on any atom is -0.508 e. The number of phenols is 1. The van der Waals surface area contributed by atoms with Crippen LogP contribution in [0.1, 0.15) is 97.8 Å².